The van der Waals surface area contributed by atoms with Gasteiger partial charge in [-0.15, -0.1) is 0 Å². The number of methoxy groups -OCH3 is 1. The third kappa shape index (κ3) is 4.61. The molecule has 1 aromatic carbocycles. The van der Waals surface area contributed by atoms with E-state index in [1.165, 1.54) is 7.11 Å². The summed E-state index contributed by atoms with van der Waals surface area (Å²) < 4.78 is 19.2. The second-order valence-corrected chi connectivity index (χ2v) is 5.33. The summed E-state index contributed by atoms with van der Waals surface area (Å²) in [6.45, 7) is 0. The minimum atomic E-state index is -0.598. The van der Waals surface area contributed by atoms with Crippen LogP contribution in [0.3, 0.4) is 0 Å². The molecular weight excluding hydrogens is 325 g/mol. The Balaban J connectivity index is 2.77. The smallest absolute Gasteiger partial charge is 0.313 e. The van der Waals surface area contributed by atoms with Gasteiger partial charge in [0.25, 0.3) is 0 Å². The molecule has 0 aliphatic rings. The summed E-state index contributed by atoms with van der Waals surface area (Å²) in [5.41, 5.74) is 0.353. The largest absolute Gasteiger partial charge is 0.469 e. The van der Waals surface area contributed by atoms with Crippen LogP contribution in [0.2, 0.25) is 0 Å². The Kier molecular flexibility index (Phi) is 7.24. The van der Waals surface area contributed by atoms with Crippen LogP contribution in [-0.4, -0.2) is 13.1 Å². The van der Waals surface area contributed by atoms with E-state index in [1.54, 1.807) is 18.2 Å². The van der Waals surface area contributed by atoms with Crippen LogP contribution in [0.5, 0.6) is 0 Å². The minimum absolute atomic E-state index is 0.341. The molecule has 1 atom stereocenters. The number of nitriles is 1. The number of carbonyl (C=O) groups excluding carboxylic acids is 1. The first-order valence-electron chi connectivity index (χ1n) is 6.50. The highest BCUT2D eigenvalue weighted by Crippen LogP contribution is 2.29. The van der Waals surface area contributed by atoms with E-state index in [-0.39, 0.29) is 0 Å². The van der Waals surface area contributed by atoms with E-state index in [0.29, 0.717) is 22.9 Å². The van der Waals surface area contributed by atoms with Gasteiger partial charge in [0.1, 0.15) is 5.82 Å². The second-order valence-electron chi connectivity index (χ2n) is 4.48. The van der Waals surface area contributed by atoms with Gasteiger partial charge in [-0.25, -0.2) is 4.39 Å². The van der Waals surface area contributed by atoms with Gasteiger partial charge < -0.3 is 4.74 Å². The zero-order chi connectivity index (χ0) is 15.0. The van der Waals surface area contributed by atoms with E-state index in [0.717, 1.165) is 19.3 Å². The Labute approximate surface area is 126 Å². The standard InChI is InChI=1S/C15H17BrFNO2/c1-20-15(19)12(7-4-2-3-5-10-18)11-8-6-9-13(16)14(11)17/h6,8-9,12H,2-5,7H2,1H3. The van der Waals surface area contributed by atoms with Crippen LogP contribution in [-0.2, 0) is 9.53 Å². The van der Waals surface area contributed by atoms with Crippen molar-refractivity contribution in [1.29, 1.82) is 5.26 Å². The van der Waals surface area contributed by atoms with Crippen molar-refractivity contribution in [2.45, 2.75) is 38.0 Å². The van der Waals surface area contributed by atoms with Crippen LogP contribution >= 0.6 is 15.9 Å². The number of hydrogen-bond acceptors (Lipinski definition) is 3. The second kappa shape index (κ2) is 8.70. The van der Waals surface area contributed by atoms with Crippen molar-refractivity contribution >= 4 is 21.9 Å². The van der Waals surface area contributed by atoms with E-state index in [9.17, 15) is 9.18 Å². The van der Waals surface area contributed by atoms with Gasteiger partial charge in [0.15, 0.2) is 0 Å². The maximum absolute atomic E-state index is 14.1. The highest BCUT2D eigenvalue weighted by Gasteiger charge is 2.24. The third-order valence-electron chi connectivity index (χ3n) is 3.12. The maximum Gasteiger partial charge on any atom is 0.313 e. The lowest BCUT2D eigenvalue weighted by Gasteiger charge is -2.16. The molecule has 1 aromatic rings. The fraction of sp³-hybridized carbons (Fsp3) is 0.467. The van der Waals surface area contributed by atoms with E-state index >= 15 is 0 Å². The molecule has 1 rings (SSSR count). The first kappa shape index (κ1) is 16.6. The molecule has 0 aliphatic carbocycles. The van der Waals surface area contributed by atoms with Gasteiger partial charge in [0, 0.05) is 12.0 Å². The molecule has 0 saturated carbocycles. The van der Waals surface area contributed by atoms with Crippen molar-refractivity contribution in [2.75, 3.05) is 7.11 Å². The van der Waals surface area contributed by atoms with E-state index < -0.39 is 17.7 Å². The summed E-state index contributed by atoms with van der Waals surface area (Å²) in [5.74, 6) is -1.44. The summed E-state index contributed by atoms with van der Waals surface area (Å²) in [6.07, 6.45) is 3.43. The number of hydrogen-bond donors (Lipinski definition) is 0. The number of nitrogens with zero attached hydrogens (tertiary/aromatic N) is 1. The number of esters is 1. The van der Waals surface area contributed by atoms with Crippen molar-refractivity contribution in [3.8, 4) is 6.07 Å². The molecule has 0 aliphatic heterocycles. The Bertz CT molecular complexity index is 499. The van der Waals surface area contributed by atoms with Crippen molar-refractivity contribution in [1.82, 2.24) is 0 Å². The highest BCUT2D eigenvalue weighted by atomic mass is 79.9. The summed E-state index contributed by atoms with van der Waals surface area (Å²) >= 11 is 3.12. The molecule has 0 radical (unpaired) electrons. The molecule has 0 spiro atoms. The molecule has 20 heavy (non-hydrogen) atoms. The number of ether oxygens (including phenoxy) is 1. The average molecular weight is 342 g/mol. The summed E-state index contributed by atoms with van der Waals surface area (Å²) in [4.78, 5) is 11.8. The summed E-state index contributed by atoms with van der Waals surface area (Å²) in [6, 6.07) is 6.99. The minimum Gasteiger partial charge on any atom is -0.469 e. The number of benzene rings is 1. The van der Waals surface area contributed by atoms with Gasteiger partial charge in [-0.05, 0) is 34.8 Å². The van der Waals surface area contributed by atoms with Crippen LogP contribution in [0, 0.1) is 17.1 Å². The molecule has 0 fully saturated rings. The van der Waals surface area contributed by atoms with Gasteiger partial charge in [0.2, 0.25) is 0 Å². The van der Waals surface area contributed by atoms with E-state index in [1.807, 2.05) is 0 Å². The van der Waals surface area contributed by atoms with Crippen LogP contribution < -0.4 is 0 Å². The van der Waals surface area contributed by atoms with Gasteiger partial charge in [-0.3, -0.25) is 4.79 Å². The molecule has 0 heterocycles. The fourth-order valence-electron chi connectivity index (χ4n) is 2.06. The third-order valence-corrected chi connectivity index (χ3v) is 3.74. The zero-order valence-electron chi connectivity index (χ0n) is 11.4. The Morgan fingerprint density at radius 3 is 2.85 bits per heavy atom. The molecular formula is C15H17BrFNO2. The molecule has 108 valence electrons. The van der Waals surface area contributed by atoms with Crippen LogP contribution in [0.1, 0.15) is 43.6 Å². The highest BCUT2D eigenvalue weighted by molar-refractivity contribution is 9.10. The lowest BCUT2D eigenvalue weighted by Crippen LogP contribution is -2.16. The molecule has 0 N–H and O–H groups in total. The van der Waals surface area contributed by atoms with Crippen molar-refractivity contribution in [3.63, 3.8) is 0 Å². The van der Waals surface area contributed by atoms with Gasteiger partial charge in [-0.1, -0.05) is 25.0 Å². The van der Waals surface area contributed by atoms with Gasteiger partial charge in [0.05, 0.1) is 23.6 Å². The Hall–Kier alpha value is -1.41. The quantitative estimate of drug-likeness (QED) is 0.548. The lowest BCUT2D eigenvalue weighted by molar-refractivity contribution is -0.142. The molecule has 1 unspecified atom stereocenters. The first-order valence-corrected chi connectivity index (χ1v) is 7.29. The van der Waals surface area contributed by atoms with E-state index in [2.05, 4.69) is 22.0 Å². The van der Waals surface area contributed by atoms with Gasteiger partial charge in [-0.2, -0.15) is 5.26 Å². The summed E-state index contributed by atoms with van der Waals surface area (Å²) in [7, 11) is 1.31. The van der Waals surface area contributed by atoms with Crippen LogP contribution in [0.4, 0.5) is 4.39 Å². The van der Waals surface area contributed by atoms with Gasteiger partial charge >= 0.3 is 5.97 Å². The predicted molar refractivity (Wildman–Crippen MR) is 77.6 cm³/mol. The predicted octanol–water partition coefficient (Wildman–Crippen LogP) is 4.32. The number of halogens is 2. The molecule has 0 bridgehead atoms. The van der Waals surface area contributed by atoms with Crippen molar-refractivity contribution in [3.05, 3.63) is 34.1 Å². The first-order chi connectivity index (χ1) is 9.61. The number of unbranched alkanes of at least 4 members (excludes halogenated alkanes) is 3. The normalized spacial score (nSPS) is 11.7. The molecule has 0 aromatic heterocycles. The molecule has 5 heteroatoms. The zero-order valence-corrected chi connectivity index (χ0v) is 13.0. The SMILES string of the molecule is COC(=O)C(CCCCCC#N)c1cccc(Br)c1F. The summed E-state index contributed by atoms with van der Waals surface area (Å²) in [5, 5.41) is 8.47. The van der Waals surface area contributed by atoms with E-state index in [4.69, 9.17) is 10.00 Å². The maximum atomic E-state index is 14.1. The monoisotopic (exact) mass is 341 g/mol. The lowest BCUT2D eigenvalue weighted by atomic mass is 9.92. The molecule has 3 nitrogen and oxygen atoms in total. The number of carbonyl (C=O) groups is 1. The van der Waals surface area contributed by atoms with Crippen molar-refractivity contribution < 1.29 is 13.9 Å². The van der Waals surface area contributed by atoms with Crippen LogP contribution in [0.25, 0.3) is 0 Å². The average Bonchev–Trinajstić information content (AvgIpc) is 2.46. The molecule has 0 saturated heterocycles. The molecule has 0 amide bonds. The number of rotatable bonds is 7. The topological polar surface area (TPSA) is 50.1 Å². The van der Waals surface area contributed by atoms with Crippen molar-refractivity contribution in [2.24, 2.45) is 0 Å². The Morgan fingerprint density at radius 2 is 2.20 bits per heavy atom. The fourth-order valence-corrected chi connectivity index (χ4v) is 2.44. The Morgan fingerprint density at radius 1 is 1.45 bits per heavy atom. The van der Waals surface area contributed by atoms with Crippen LogP contribution in [0.15, 0.2) is 22.7 Å².